The van der Waals surface area contributed by atoms with Crippen LogP contribution in [-0.4, -0.2) is 19.2 Å². The number of carbonyl (C=O) groups is 1. The lowest BCUT2D eigenvalue weighted by Gasteiger charge is -2.11. The Balaban J connectivity index is 1.79. The molecule has 0 heterocycles. The molecule has 0 aliphatic carbocycles. The molecule has 0 fully saturated rings. The van der Waals surface area contributed by atoms with Gasteiger partial charge < -0.3 is 5.32 Å². The number of anilines is 2. The molecular weight excluding hydrogens is 474 g/mol. The summed E-state index contributed by atoms with van der Waals surface area (Å²) in [5, 5.41) is 13.5. The van der Waals surface area contributed by atoms with E-state index in [1.807, 2.05) is 0 Å². The zero-order chi connectivity index (χ0) is 21.9. The number of nitrogens with one attached hydrogen (secondary N) is 2. The molecule has 0 aromatic heterocycles. The maximum absolute atomic E-state index is 12.6. The first-order chi connectivity index (χ1) is 14.2. The van der Waals surface area contributed by atoms with Crippen LogP contribution in [0.15, 0.2) is 76.1 Å². The third-order valence-corrected chi connectivity index (χ3v) is 6.06. The predicted octanol–water partition coefficient (Wildman–Crippen LogP) is 4.72. The average Bonchev–Trinajstić information content (AvgIpc) is 2.69. The molecule has 3 rings (SSSR count). The number of hydrogen-bond donors (Lipinski definition) is 2. The van der Waals surface area contributed by atoms with Gasteiger partial charge in [-0.2, -0.15) is 0 Å². The summed E-state index contributed by atoms with van der Waals surface area (Å²) >= 11 is 3.29. The number of sulfonamides is 1. The second-order valence-corrected chi connectivity index (χ2v) is 8.95. The van der Waals surface area contributed by atoms with E-state index in [4.69, 9.17) is 0 Å². The van der Waals surface area contributed by atoms with Gasteiger partial charge in [-0.15, -0.1) is 0 Å². The largest absolute Gasteiger partial charge is 0.322 e. The first kappa shape index (κ1) is 21.5. The van der Waals surface area contributed by atoms with Crippen LogP contribution in [0.25, 0.3) is 0 Å². The van der Waals surface area contributed by atoms with E-state index in [-0.39, 0.29) is 21.8 Å². The number of aryl methyl sites for hydroxylation is 1. The number of carbonyl (C=O) groups excluding carboxylic acids is 1. The molecule has 0 saturated carbocycles. The molecule has 0 aliphatic rings. The minimum absolute atomic E-state index is 0.0249. The molecule has 0 radical (unpaired) electrons. The number of nitro groups is 1. The fourth-order valence-corrected chi connectivity index (χ4v) is 4.05. The van der Waals surface area contributed by atoms with Crippen LogP contribution in [0.1, 0.15) is 15.9 Å². The van der Waals surface area contributed by atoms with Gasteiger partial charge in [0, 0.05) is 33.0 Å². The first-order valence-corrected chi connectivity index (χ1v) is 10.9. The van der Waals surface area contributed by atoms with E-state index in [0.29, 0.717) is 11.3 Å². The molecular formula is C20H16BrN3O5S. The van der Waals surface area contributed by atoms with E-state index in [1.165, 1.54) is 43.3 Å². The van der Waals surface area contributed by atoms with Crippen LogP contribution >= 0.6 is 15.9 Å². The molecule has 2 N–H and O–H groups in total. The Hall–Kier alpha value is -3.24. The van der Waals surface area contributed by atoms with E-state index < -0.39 is 20.9 Å². The average molecular weight is 490 g/mol. The quantitative estimate of drug-likeness (QED) is 0.383. The second-order valence-electron chi connectivity index (χ2n) is 6.35. The molecule has 0 bridgehead atoms. The fourth-order valence-electron chi connectivity index (χ4n) is 2.68. The summed E-state index contributed by atoms with van der Waals surface area (Å²) in [4.78, 5) is 22.8. The summed E-state index contributed by atoms with van der Waals surface area (Å²) in [5.41, 5.74) is 1.16. The van der Waals surface area contributed by atoms with Crippen molar-refractivity contribution in [2.75, 3.05) is 10.0 Å². The van der Waals surface area contributed by atoms with Crippen LogP contribution in [0, 0.1) is 17.0 Å². The number of halogens is 1. The Kier molecular flexibility index (Phi) is 6.18. The molecule has 154 valence electrons. The Morgan fingerprint density at radius 3 is 2.33 bits per heavy atom. The lowest BCUT2D eigenvalue weighted by atomic mass is 10.1. The van der Waals surface area contributed by atoms with Crippen molar-refractivity contribution in [3.63, 3.8) is 0 Å². The molecule has 0 saturated heterocycles. The standard InChI is InChI=1S/C20H16BrN3O5S/c1-13-11-14(5-10-19(13)24(26)27)20(25)22-17-3-2-4-18(12-17)30(28,29)23-16-8-6-15(21)7-9-16/h2-12,23H,1H3,(H,22,25). The Morgan fingerprint density at radius 2 is 1.70 bits per heavy atom. The van der Waals surface area contributed by atoms with E-state index in [9.17, 15) is 23.3 Å². The molecule has 3 aromatic rings. The summed E-state index contributed by atoms with van der Waals surface area (Å²) in [6.07, 6.45) is 0. The highest BCUT2D eigenvalue weighted by Crippen LogP contribution is 2.22. The second kappa shape index (κ2) is 8.64. The van der Waals surface area contributed by atoms with Crippen LogP contribution in [0.2, 0.25) is 0 Å². The van der Waals surface area contributed by atoms with Gasteiger partial charge in [-0.1, -0.05) is 22.0 Å². The van der Waals surface area contributed by atoms with Gasteiger partial charge in [0.05, 0.1) is 9.82 Å². The first-order valence-electron chi connectivity index (χ1n) is 8.60. The van der Waals surface area contributed by atoms with E-state index in [1.54, 1.807) is 30.3 Å². The molecule has 0 atom stereocenters. The number of nitrogens with zero attached hydrogens (tertiary/aromatic N) is 1. The van der Waals surface area contributed by atoms with Gasteiger partial charge in [-0.05, 0) is 61.5 Å². The normalized spacial score (nSPS) is 11.0. The Bertz CT molecular complexity index is 1230. The zero-order valence-electron chi connectivity index (χ0n) is 15.6. The van der Waals surface area contributed by atoms with E-state index >= 15 is 0 Å². The van der Waals surface area contributed by atoms with Crippen molar-refractivity contribution in [2.24, 2.45) is 0 Å². The summed E-state index contributed by atoms with van der Waals surface area (Å²) in [7, 11) is -3.86. The van der Waals surface area contributed by atoms with E-state index in [2.05, 4.69) is 26.0 Å². The van der Waals surface area contributed by atoms with Crippen molar-refractivity contribution in [1.82, 2.24) is 0 Å². The Morgan fingerprint density at radius 1 is 1.00 bits per heavy atom. The zero-order valence-corrected chi connectivity index (χ0v) is 18.0. The summed E-state index contributed by atoms with van der Waals surface area (Å²) in [5.74, 6) is -0.511. The number of nitro benzene ring substituents is 1. The number of amides is 1. The van der Waals surface area contributed by atoms with Gasteiger partial charge >= 0.3 is 0 Å². The number of benzene rings is 3. The van der Waals surface area contributed by atoms with Crippen molar-refractivity contribution >= 4 is 48.9 Å². The molecule has 10 heteroatoms. The van der Waals surface area contributed by atoms with Crippen molar-refractivity contribution in [2.45, 2.75) is 11.8 Å². The van der Waals surface area contributed by atoms with Gasteiger partial charge in [0.2, 0.25) is 0 Å². The topological polar surface area (TPSA) is 118 Å². The molecule has 8 nitrogen and oxygen atoms in total. The smallest absolute Gasteiger partial charge is 0.272 e. The van der Waals surface area contributed by atoms with Gasteiger partial charge in [-0.3, -0.25) is 19.6 Å². The summed E-state index contributed by atoms with van der Waals surface area (Å²) in [6, 6.07) is 16.5. The summed E-state index contributed by atoms with van der Waals surface area (Å²) in [6.45, 7) is 1.54. The maximum atomic E-state index is 12.6. The third-order valence-electron chi connectivity index (χ3n) is 4.15. The van der Waals surface area contributed by atoms with Gasteiger partial charge in [-0.25, -0.2) is 8.42 Å². The van der Waals surface area contributed by atoms with Crippen LogP contribution in [0.4, 0.5) is 17.1 Å². The fraction of sp³-hybridized carbons (Fsp3) is 0.0500. The Labute approximate surface area is 181 Å². The van der Waals surface area contributed by atoms with Crippen LogP contribution < -0.4 is 10.0 Å². The van der Waals surface area contributed by atoms with Crippen molar-refractivity contribution in [3.05, 3.63) is 92.4 Å². The third kappa shape index (κ3) is 5.02. The lowest BCUT2D eigenvalue weighted by Crippen LogP contribution is -2.15. The molecule has 0 aliphatic heterocycles. The highest BCUT2D eigenvalue weighted by molar-refractivity contribution is 9.10. The van der Waals surface area contributed by atoms with Crippen molar-refractivity contribution < 1.29 is 18.1 Å². The molecule has 30 heavy (non-hydrogen) atoms. The number of hydrogen-bond acceptors (Lipinski definition) is 5. The van der Waals surface area contributed by atoms with Gasteiger partial charge in [0.25, 0.3) is 21.6 Å². The summed E-state index contributed by atoms with van der Waals surface area (Å²) < 4.78 is 28.6. The minimum atomic E-state index is -3.86. The van der Waals surface area contributed by atoms with Gasteiger partial charge in [0.1, 0.15) is 0 Å². The maximum Gasteiger partial charge on any atom is 0.272 e. The molecule has 0 unspecified atom stereocenters. The molecule has 0 spiro atoms. The highest BCUT2D eigenvalue weighted by atomic mass is 79.9. The highest BCUT2D eigenvalue weighted by Gasteiger charge is 2.17. The van der Waals surface area contributed by atoms with E-state index in [0.717, 1.165) is 4.47 Å². The molecule has 1 amide bonds. The SMILES string of the molecule is Cc1cc(C(=O)Nc2cccc(S(=O)(=O)Nc3ccc(Br)cc3)c2)ccc1[N+](=O)[O-]. The van der Waals surface area contributed by atoms with Crippen LogP contribution in [0.3, 0.4) is 0 Å². The monoisotopic (exact) mass is 489 g/mol. The van der Waals surface area contributed by atoms with Crippen molar-refractivity contribution in [1.29, 1.82) is 0 Å². The van der Waals surface area contributed by atoms with Gasteiger partial charge in [0.15, 0.2) is 0 Å². The lowest BCUT2D eigenvalue weighted by molar-refractivity contribution is -0.385. The van der Waals surface area contributed by atoms with Crippen LogP contribution in [-0.2, 0) is 10.0 Å². The molecule has 3 aromatic carbocycles. The predicted molar refractivity (Wildman–Crippen MR) is 117 cm³/mol. The minimum Gasteiger partial charge on any atom is -0.322 e. The van der Waals surface area contributed by atoms with Crippen molar-refractivity contribution in [3.8, 4) is 0 Å². The van der Waals surface area contributed by atoms with Crippen LogP contribution in [0.5, 0.6) is 0 Å². The number of rotatable bonds is 6.